The minimum absolute atomic E-state index is 0.0741. The van der Waals surface area contributed by atoms with Crippen molar-refractivity contribution in [2.24, 2.45) is 0 Å². The van der Waals surface area contributed by atoms with Gasteiger partial charge in [0.15, 0.2) is 0 Å². The molecule has 0 amide bonds. The SMILES string of the molecule is CC.Cc1cc(C)c(-n2ccnc2-c2ccccc2C(C)(C)C)c(C)c1. The third-order valence-corrected chi connectivity index (χ3v) is 4.49. The van der Waals surface area contributed by atoms with E-state index in [-0.39, 0.29) is 5.41 Å². The molecule has 0 radical (unpaired) electrons. The van der Waals surface area contributed by atoms with E-state index < -0.39 is 0 Å². The third kappa shape index (κ3) is 3.90. The van der Waals surface area contributed by atoms with Gasteiger partial charge in [-0.15, -0.1) is 0 Å². The molecule has 0 spiro atoms. The summed E-state index contributed by atoms with van der Waals surface area (Å²) < 4.78 is 2.23. The molecule has 0 aliphatic carbocycles. The van der Waals surface area contributed by atoms with Crippen LogP contribution in [0.5, 0.6) is 0 Å². The standard InChI is InChI=1S/C22H26N2.C2H6/c1-15-13-16(2)20(17(3)14-15)24-12-11-23-21(24)18-9-7-8-10-19(18)22(4,5)6;1-2/h7-14H,1-6H3;1-2H3. The molecule has 0 N–H and O–H groups in total. The van der Waals surface area contributed by atoms with Crippen LogP contribution in [-0.2, 0) is 5.41 Å². The van der Waals surface area contributed by atoms with Gasteiger partial charge < -0.3 is 0 Å². The van der Waals surface area contributed by atoms with Gasteiger partial charge in [0.2, 0.25) is 0 Å². The van der Waals surface area contributed by atoms with Crippen molar-refractivity contribution in [3.05, 3.63) is 71.0 Å². The maximum absolute atomic E-state index is 4.70. The Bertz CT molecular complexity index is 856. The molecule has 0 aliphatic heterocycles. The monoisotopic (exact) mass is 348 g/mol. The average molecular weight is 349 g/mol. The van der Waals surface area contributed by atoms with Gasteiger partial charge in [0.25, 0.3) is 0 Å². The van der Waals surface area contributed by atoms with E-state index in [1.165, 1.54) is 33.5 Å². The van der Waals surface area contributed by atoms with E-state index in [9.17, 15) is 0 Å². The van der Waals surface area contributed by atoms with Crippen LogP contribution in [0.4, 0.5) is 0 Å². The molecule has 0 bridgehead atoms. The molecule has 3 rings (SSSR count). The summed E-state index contributed by atoms with van der Waals surface area (Å²) in [5.74, 6) is 1.01. The smallest absolute Gasteiger partial charge is 0.144 e. The molecule has 0 saturated heterocycles. The van der Waals surface area contributed by atoms with Crippen molar-refractivity contribution in [1.82, 2.24) is 9.55 Å². The maximum atomic E-state index is 4.70. The average Bonchev–Trinajstić information content (AvgIpc) is 3.04. The first kappa shape index (κ1) is 20.0. The van der Waals surface area contributed by atoms with Crippen LogP contribution in [0.3, 0.4) is 0 Å². The van der Waals surface area contributed by atoms with Gasteiger partial charge in [-0.2, -0.15) is 0 Å². The summed E-state index contributed by atoms with van der Waals surface area (Å²) in [6, 6.07) is 13.1. The molecule has 3 aromatic rings. The number of aryl methyl sites for hydroxylation is 3. The largest absolute Gasteiger partial charge is 0.299 e. The molecule has 2 heteroatoms. The predicted octanol–water partition coefficient (Wildman–Crippen LogP) is 6.79. The summed E-state index contributed by atoms with van der Waals surface area (Å²) in [6.07, 6.45) is 3.97. The first-order valence-electron chi connectivity index (χ1n) is 9.50. The molecule has 26 heavy (non-hydrogen) atoms. The van der Waals surface area contributed by atoms with E-state index in [4.69, 9.17) is 4.98 Å². The third-order valence-electron chi connectivity index (χ3n) is 4.49. The lowest BCUT2D eigenvalue weighted by Crippen LogP contribution is -2.14. The van der Waals surface area contributed by atoms with Crippen LogP contribution in [0, 0.1) is 20.8 Å². The fourth-order valence-electron chi connectivity index (χ4n) is 3.57. The molecule has 0 atom stereocenters. The van der Waals surface area contributed by atoms with Gasteiger partial charge in [-0.25, -0.2) is 4.98 Å². The zero-order valence-electron chi connectivity index (χ0n) is 17.5. The van der Waals surface area contributed by atoms with Crippen LogP contribution < -0.4 is 0 Å². The fraction of sp³-hybridized carbons (Fsp3) is 0.375. The predicted molar refractivity (Wildman–Crippen MR) is 113 cm³/mol. The van der Waals surface area contributed by atoms with Gasteiger partial charge in [0, 0.05) is 18.0 Å². The Morgan fingerprint density at radius 2 is 1.46 bits per heavy atom. The van der Waals surface area contributed by atoms with Crippen molar-refractivity contribution in [2.75, 3.05) is 0 Å². The second-order valence-corrected chi connectivity index (χ2v) is 7.66. The Morgan fingerprint density at radius 1 is 0.885 bits per heavy atom. The van der Waals surface area contributed by atoms with Gasteiger partial charge in [0.05, 0.1) is 5.69 Å². The zero-order chi connectivity index (χ0) is 19.5. The summed E-state index contributed by atoms with van der Waals surface area (Å²) in [5, 5.41) is 0. The number of rotatable bonds is 2. The lowest BCUT2D eigenvalue weighted by molar-refractivity contribution is 0.591. The van der Waals surface area contributed by atoms with E-state index in [1.54, 1.807) is 0 Å². The topological polar surface area (TPSA) is 17.8 Å². The van der Waals surface area contributed by atoms with Gasteiger partial charge in [-0.3, -0.25) is 4.57 Å². The summed E-state index contributed by atoms with van der Waals surface area (Å²) in [4.78, 5) is 4.70. The highest BCUT2D eigenvalue weighted by Gasteiger charge is 2.21. The molecule has 1 aromatic heterocycles. The molecular formula is C24H32N2. The van der Waals surface area contributed by atoms with Crippen molar-refractivity contribution in [2.45, 2.75) is 60.8 Å². The minimum atomic E-state index is 0.0741. The Balaban J connectivity index is 0.00000117. The van der Waals surface area contributed by atoms with E-state index in [2.05, 4.69) is 88.7 Å². The number of hydrogen-bond acceptors (Lipinski definition) is 1. The van der Waals surface area contributed by atoms with Crippen molar-refractivity contribution >= 4 is 0 Å². The normalized spacial score (nSPS) is 11.1. The van der Waals surface area contributed by atoms with Gasteiger partial charge in [0.1, 0.15) is 5.82 Å². The van der Waals surface area contributed by atoms with Crippen molar-refractivity contribution in [1.29, 1.82) is 0 Å². The number of benzene rings is 2. The number of hydrogen-bond donors (Lipinski definition) is 0. The van der Waals surface area contributed by atoms with E-state index in [1.807, 2.05) is 20.0 Å². The lowest BCUT2D eigenvalue weighted by atomic mass is 9.83. The summed E-state index contributed by atoms with van der Waals surface area (Å²) in [7, 11) is 0. The zero-order valence-corrected chi connectivity index (χ0v) is 17.5. The lowest BCUT2D eigenvalue weighted by Gasteiger charge is -2.23. The molecule has 0 aliphatic rings. The molecular weight excluding hydrogens is 316 g/mol. The minimum Gasteiger partial charge on any atom is -0.299 e. The first-order valence-corrected chi connectivity index (χ1v) is 9.50. The van der Waals surface area contributed by atoms with Crippen LogP contribution in [0.2, 0.25) is 0 Å². The second-order valence-electron chi connectivity index (χ2n) is 7.66. The summed E-state index contributed by atoms with van der Waals surface area (Å²) in [6.45, 7) is 17.3. The van der Waals surface area contributed by atoms with Crippen LogP contribution in [0.1, 0.15) is 56.9 Å². The Morgan fingerprint density at radius 3 is 2.04 bits per heavy atom. The van der Waals surface area contributed by atoms with Gasteiger partial charge >= 0.3 is 0 Å². The Hall–Kier alpha value is -2.35. The van der Waals surface area contributed by atoms with E-state index in [0.717, 1.165) is 5.82 Å². The van der Waals surface area contributed by atoms with Crippen molar-refractivity contribution in [3.8, 4) is 17.1 Å². The Labute approximate surface area is 158 Å². The van der Waals surface area contributed by atoms with E-state index in [0.29, 0.717) is 0 Å². The van der Waals surface area contributed by atoms with Gasteiger partial charge in [-0.05, 0) is 42.9 Å². The number of nitrogens with zero attached hydrogens (tertiary/aromatic N) is 2. The van der Waals surface area contributed by atoms with Crippen LogP contribution in [0.15, 0.2) is 48.8 Å². The van der Waals surface area contributed by atoms with Gasteiger partial charge in [-0.1, -0.05) is 76.6 Å². The van der Waals surface area contributed by atoms with Crippen molar-refractivity contribution < 1.29 is 0 Å². The summed E-state index contributed by atoms with van der Waals surface area (Å²) in [5.41, 5.74) is 7.68. The summed E-state index contributed by atoms with van der Waals surface area (Å²) >= 11 is 0. The first-order chi connectivity index (χ1) is 12.3. The molecule has 2 aromatic carbocycles. The van der Waals surface area contributed by atoms with Crippen LogP contribution >= 0.6 is 0 Å². The fourth-order valence-corrected chi connectivity index (χ4v) is 3.57. The molecule has 0 saturated carbocycles. The highest BCUT2D eigenvalue weighted by Crippen LogP contribution is 2.34. The highest BCUT2D eigenvalue weighted by atomic mass is 15.1. The second kappa shape index (κ2) is 7.90. The number of imidazole rings is 1. The molecule has 2 nitrogen and oxygen atoms in total. The molecule has 1 heterocycles. The number of aromatic nitrogens is 2. The van der Waals surface area contributed by atoms with Crippen molar-refractivity contribution in [3.63, 3.8) is 0 Å². The molecule has 0 fully saturated rings. The quantitative estimate of drug-likeness (QED) is 0.498. The Kier molecular flexibility index (Phi) is 6.07. The highest BCUT2D eigenvalue weighted by molar-refractivity contribution is 5.66. The van der Waals surface area contributed by atoms with Crippen LogP contribution in [-0.4, -0.2) is 9.55 Å². The van der Waals surface area contributed by atoms with Crippen LogP contribution in [0.25, 0.3) is 17.1 Å². The van der Waals surface area contributed by atoms with E-state index >= 15 is 0 Å². The maximum Gasteiger partial charge on any atom is 0.144 e. The molecule has 0 unspecified atom stereocenters. The molecule has 138 valence electrons.